The lowest BCUT2D eigenvalue weighted by molar-refractivity contribution is -0.150. The fourth-order valence-corrected chi connectivity index (χ4v) is 5.77. The molecular formula is C41H70N2O6. The first-order valence-electron chi connectivity index (χ1n) is 19.2. The van der Waals surface area contributed by atoms with Gasteiger partial charge in [0.05, 0.1) is 13.2 Å². The fraction of sp³-hybridized carbons (Fsp3) is 0.756. The molecule has 0 aromatic carbocycles. The van der Waals surface area contributed by atoms with Gasteiger partial charge < -0.3 is 18.8 Å². The number of unbranched alkanes of at least 4 members (excludes halogenated alkanes) is 6. The number of imidazole rings is 1. The summed E-state index contributed by atoms with van der Waals surface area (Å²) < 4.78 is 19.0. The van der Waals surface area contributed by atoms with Crippen LogP contribution < -0.4 is 0 Å². The van der Waals surface area contributed by atoms with Crippen molar-refractivity contribution in [2.75, 3.05) is 13.2 Å². The summed E-state index contributed by atoms with van der Waals surface area (Å²) in [7, 11) is 0. The topological polar surface area (TPSA) is 96.7 Å². The zero-order valence-electron chi connectivity index (χ0n) is 32.2. The number of ether oxygens (including phenoxy) is 3. The molecule has 0 fully saturated rings. The van der Waals surface area contributed by atoms with Gasteiger partial charge in [-0.25, -0.2) is 4.98 Å². The quantitative estimate of drug-likeness (QED) is 0.0358. The second kappa shape index (κ2) is 27.9. The summed E-state index contributed by atoms with van der Waals surface area (Å²) in [6.45, 7) is 16.3. The molecule has 49 heavy (non-hydrogen) atoms. The molecule has 2 atom stereocenters. The van der Waals surface area contributed by atoms with Crippen LogP contribution in [0.15, 0.2) is 35.7 Å². The number of aryl methyl sites for hydroxylation is 2. The Morgan fingerprint density at radius 1 is 0.694 bits per heavy atom. The summed E-state index contributed by atoms with van der Waals surface area (Å²) in [4.78, 5) is 41.3. The van der Waals surface area contributed by atoms with Gasteiger partial charge in [-0.15, -0.1) is 0 Å². The Balaban J connectivity index is 2.32. The van der Waals surface area contributed by atoms with Crippen LogP contribution in [-0.2, 0) is 35.1 Å². The lowest BCUT2D eigenvalue weighted by Gasteiger charge is -2.18. The summed E-state index contributed by atoms with van der Waals surface area (Å²) in [5, 5.41) is 0. The number of carbonyl (C=O) groups excluding carboxylic acids is 3. The molecule has 2 unspecified atom stereocenters. The Morgan fingerprint density at radius 3 is 1.63 bits per heavy atom. The maximum atomic E-state index is 12.7. The number of allylic oxidation sites excluding steroid dienone is 4. The van der Waals surface area contributed by atoms with Gasteiger partial charge in [-0.1, -0.05) is 62.8 Å². The lowest BCUT2D eigenvalue weighted by Crippen LogP contribution is -2.19. The SMILES string of the molecule is CC(C)=CCCC(C)CC(=O)OCCCCCCC(CCCCCCOC(=O)CC(C)CCC=C(C)C)OC(=O)CCCn1ccnc1C. The highest BCUT2D eigenvalue weighted by Crippen LogP contribution is 2.18. The molecule has 0 bridgehead atoms. The Labute approximate surface area is 298 Å². The van der Waals surface area contributed by atoms with Crippen LogP contribution in [-0.4, -0.2) is 46.8 Å². The van der Waals surface area contributed by atoms with Crippen LogP contribution in [0.1, 0.15) is 163 Å². The normalized spacial score (nSPS) is 12.9. The molecule has 0 N–H and O–H groups in total. The molecule has 0 aliphatic rings. The van der Waals surface area contributed by atoms with Crippen molar-refractivity contribution in [2.45, 2.75) is 177 Å². The molecule has 8 heteroatoms. The monoisotopic (exact) mass is 687 g/mol. The maximum absolute atomic E-state index is 12.7. The van der Waals surface area contributed by atoms with Crippen molar-refractivity contribution in [1.29, 1.82) is 0 Å². The average Bonchev–Trinajstić information content (AvgIpc) is 3.43. The zero-order chi connectivity index (χ0) is 36.3. The molecule has 1 aromatic heterocycles. The average molecular weight is 687 g/mol. The third-order valence-electron chi connectivity index (χ3n) is 8.82. The van der Waals surface area contributed by atoms with E-state index in [4.69, 9.17) is 14.2 Å². The summed E-state index contributed by atoms with van der Waals surface area (Å²) in [5.41, 5.74) is 2.63. The van der Waals surface area contributed by atoms with Gasteiger partial charge in [0, 0.05) is 38.2 Å². The van der Waals surface area contributed by atoms with Crippen LogP contribution in [0.5, 0.6) is 0 Å². The van der Waals surface area contributed by atoms with Crippen LogP contribution in [0.4, 0.5) is 0 Å². The summed E-state index contributed by atoms with van der Waals surface area (Å²) in [6, 6.07) is 0. The summed E-state index contributed by atoms with van der Waals surface area (Å²) >= 11 is 0. The maximum Gasteiger partial charge on any atom is 0.306 e. The van der Waals surface area contributed by atoms with Gasteiger partial charge in [-0.05, 0) is 117 Å². The number of hydrogen-bond acceptors (Lipinski definition) is 7. The third-order valence-corrected chi connectivity index (χ3v) is 8.82. The molecule has 0 aliphatic carbocycles. The van der Waals surface area contributed by atoms with E-state index in [1.807, 2.05) is 13.1 Å². The van der Waals surface area contributed by atoms with Crippen molar-refractivity contribution >= 4 is 17.9 Å². The highest BCUT2D eigenvalue weighted by Gasteiger charge is 2.15. The van der Waals surface area contributed by atoms with Crippen molar-refractivity contribution < 1.29 is 28.6 Å². The standard InChI is InChI=1S/C41H70N2O6/c1-33(2)19-16-21-35(5)31-40(45)47-29-14-10-8-12-23-38(49-39(44)25-18-27-43-28-26-42-37(43)7)24-13-9-11-15-30-48-41(46)32-36(6)22-17-20-34(3)4/h19-20,26,28,35-36,38H,8-18,21-25,27,29-32H2,1-7H3. The first kappa shape index (κ1) is 44.1. The molecule has 0 saturated carbocycles. The minimum Gasteiger partial charge on any atom is -0.466 e. The molecule has 1 heterocycles. The molecule has 0 radical (unpaired) electrons. The van der Waals surface area contributed by atoms with Gasteiger partial charge in [0.1, 0.15) is 11.9 Å². The Kier molecular flexibility index (Phi) is 25.1. The van der Waals surface area contributed by atoms with Crippen molar-refractivity contribution in [3.63, 3.8) is 0 Å². The van der Waals surface area contributed by atoms with Crippen LogP contribution in [0.25, 0.3) is 0 Å². The van der Waals surface area contributed by atoms with Crippen molar-refractivity contribution in [1.82, 2.24) is 9.55 Å². The van der Waals surface area contributed by atoms with Gasteiger partial charge in [0.15, 0.2) is 0 Å². The molecule has 280 valence electrons. The smallest absolute Gasteiger partial charge is 0.306 e. The molecule has 0 spiro atoms. The van der Waals surface area contributed by atoms with Gasteiger partial charge in [0.2, 0.25) is 0 Å². The fourth-order valence-electron chi connectivity index (χ4n) is 5.77. The first-order valence-corrected chi connectivity index (χ1v) is 19.2. The van der Waals surface area contributed by atoms with Crippen LogP contribution in [0.3, 0.4) is 0 Å². The van der Waals surface area contributed by atoms with E-state index in [0.717, 1.165) is 109 Å². The summed E-state index contributed by atoms with van der Waals surface area (Å²) in [6.07, 6.45) is 23.5. The van der Waals surface area contributed by atoms with E-state index in [2.05, 4.69) is 63.2 Å². The molecular weight excluding hydrogens is 616 g/mol. The van der Waals surface area contributed by atoms with E-state index in [1.54, 1.807) is 6.20 Å². The number of esters is 3. The van der Waals surface area contributed by atoms with E-state index < -0.39 is 0 Å². The van der Waals surface area contributed by atoms with E-state index in [0.29, 0.717) is 44.3 Å². The summed E-state index contributed by atoms with van der Waals surface area (Å²) in [5.74, 6) is 1.28. The second-order valence-electron chi connectivity index (χ2n) is 14.6. The first-order chi connectivity index (χ1) is 23.5. The van der Waals surface area contributed by atoms with Crippen molar-refractivity contribution in [3.05, 3.63) is 41.5 Å². The van der Waals surface area contributed by atoms with Crippen LogP contribution >= 0.6 is 0 Å². The number of rotatable bonds is 29. The molecule has 8 nitrogen and oxygen atoms in total. The van der Waals surface area contributed by atoms with Gasteiger partial charge in [-0.3, -0.25) is 14.4 Å². The number of aromatic nitrogens is 2. The number of nitrogens with zero attached hydrogens (tertiary/aromatic N) is 2. The minimum atomic E-state index is -0.133. The molecule has 0 amide bonds. The largest absolute Gasteiger partial charge is 0.466 e. The Bertz CT molecular complexity index is 1040. The van der Waals surface area contributed by atoms with Crippen molar-refractivity contribution in [2.24, 2.45) is 11.8 Å². The van der Waals surface area contributed by atoms with E-state index in [9.17, 15) is 14.4 Å². The second-order valence-corrected chi connectivity index (χ2v) is 14.6. The van der Waals surface area contributed by atoms with Gasteiger partial charge >= 0.3 is 17.9 Å². The van der Waals surface area contributed by atoms with Crippen LogP contribution in [0, 0.1) is 18.8 Å². The predicted molar refractivity (Wildman–Crippen MR) is 199 cm³/mol. The molecule has 1 rings (SSSR count). The Morgan fingerprint density at radius 2 is 1.18 bits per heavy atom. The number of hydrogen-bond donors (Lipinski definition) is 0. The van der Waals surface area contributed by atoms with E-state index in [1.165, 1.54) is 11.1 Å². The molecule has 0 aliphatic heterocycles. The van der Waals surface area contributed by atoms with Gasteiger partial charge in [-0.2, -0.15) is 0 Å². The number of carbonyl (C=O) groups is 3. The van der Waals surface area contributed by atoms with Crippen molar-refractivity contribution in [3.8, 4) is 0 Å². The van der Waals surface area contributed by atoms with Gasteiger partial charge in [0.25, 0.3) is 0 Å². The molecule has 0 saturated heterocycles. The highest BCUT2D eigenvalue weighted by atomic mass is 16.5. The van der Waals surface area contributed by atoms with E-state index in [-0.39, 0.29) is 24.0 Å². The zero-order valence-corrected chi connectivity index (χ0v) is 32.2. The molecule has 1 aromatic rings. The lowest BCUT2D eigenvalue weighted by atomic mass is 10.0. The predicted octanol–water partition coefficient (Wildman–Crippen LogP) is 10.4. The van der Waals surface area contributed by atoms with Crippen LogP contribution in [0.2, 0.25) is 0 Å². The Hall–Kier alpha value is -2.90. The third kappa shape index (κ3) is 25.7. The van der Waals surface area contributed by atoms with E-state index >= 15 is 0 Å². The minimum absolute atomic E-state index is 0.0845. The highest BCUT2D eigenvalue weighted by molar-refractivity contribution is 5.70.